The highest BCUT2D eigenvalue weighted by Crippen LogP contribution is 2.13. The van der Waals surface area contributed by atoms with E-state index in [2.05, 4.69) is 15.3 Å². The van der Waals surface area contributed by atoms with Crippen molar-refractivity contribution in [2.75, 3.05) is 19.5 Å². The number of nitrogens with zero attached hydrogens (tertiary/aromatic N) is 3. The minimum absolute atomic E-state index is 0.289. The summed E-state index contributed by atoms with van der Waals surface area (Å²) in [4.78, 5) is 7.77. The summed E-state index contributed by atoms with van der Waals surface area (Å²) in [6, 6.07) is 1.92. The molecular formula is C7H8N4O. The van der Waals surface area contributed by atoms with Gasteiger partial charge in [-0.2, -0.15) is 10.2 Å². The fraction of sp³-hybridized carbons (Fsp3) is 0.286. The van der Waals surface area contributed by atoms with Crippen molar-refractivity contribution in [3.05, 3.63) is 11.8 Å². The number of ether oxygens (including phenoxy) is 1. The van der Waals surface area contributed by atoms with Gasteiger partial charge in [0, 0.05) is 7.05 Å². The SMILES string of the molecule is CNc1ncc(C#N)c(OC)n1. The van der Waals surface area contributed by atoms with Crippen LogP contribution in [0.1, 0.15) is 5.56 Å². The molecular weight excluding hydrogens is 156 g/mol. The molecule has 1 heterocycles. The lowest BCUT2D eigenvalue weighted by molar-refractivity contribution is 0.396. The highest BCUT2D eigenvalue weighted by atomic mass is 16.5. The molecule has 0 bridgehead atoms. The van der Waals surface area contributed by atoms with E-state index < -0.39 is 0 Å². The van der Waals surface area contributed by atoms with Crippen LogP contribution in [0, 0.1) is 11.3 Å². The molecule has 0 fully saturated rings. The van der Waals surface area contributed by atoms with Crippen molar-refractivity contribution >= 4 is 5.95 Å². The third-order valence-electron chi connectivity index (χ3n) is 1.29. The highest BCUT2D eigenvalue weighted by Gasteiger charge is 2.04. The lowest BCUT2D eigenvalue weighted by Gasteiger charge is -2.02. The number of methoxy groups -OCH3 is 1. The van der Waals surface area contributed by atoms with Crippen molar-refractivity contribution in [3.8, 4) is 11.9 Å². The Kier molecular flexibility index (Phi) is 2.43. The van der Waals surface area contributed by atoms with Crippen LogP contribution in [0.5, 0.6) is 5.88 Å². The maximum atomic E-state index is 8.58. The fourth-order valence-corrected chi connectivity index (χ4v) is 0.719. The van der Waals surface area contributed by atoms with Crippen LogP contribution in [0.25, 0.3) is 0 Å². The van der Waals surface area contributed by atoms with Gasteiger partial charge in [0.05, 0.1) is 13.3 Å². The second-order valence-corrected chi connectivity index (χ2v) is 1.98. The molecule has 0 spiro atoms. The monoisotopic (exact) mass is 164 g/mol. The Bertz CT molecular complexity index is 318. The minimum atomic E-state index is 0.289. The van der Waals surface area contributed by atoms with Gasteiger partial charge < -0.3 is 10.1 Å². The van der Waals surface area contributed by atoms with Crippen LogP contribution in [0.4, 0.5) is 5.95 Å². The van der Waals surface area contributed by atoms with E-state index in [1.807, 2.05) is 6.07 Å². The normalized spacial score (nSPS) is 8.75. The summed E-state index contributed by atoms with van der Waals surface area (Å²) in [6.45, 7) is 0. The van der Waals surface area contributed by atoms with E-state index in [4.69, 9.17) is 10.00 Å². The molecule has 1 rings (SSSR count). The Morgan fingerprint density at radius 2 is 2.42 bits per heavy atom. The largest absolute Gasteiger partial charge is 0.480 e. The Morgan fingerprint density at radius 1 is 1.67 bits per heavy atom. The molecule has 0 saturated carbocycles. The summed E-state index contributed by atoms with van der Waals surface area (Å²) in [5, 5.41) is 11.3. The smallest absolute Gasteiger partial charge is 0.236 e. The molecule has 5 heteroatoms. The van der Waals surface area contributed by atoms with E-state index in [0.717, 1.165) is 0 Å². The van der Waals surface area contributed by atoms with Crippen molar-refractivity contribution in [2.24, 2.45) is 0 Å². The summed E-state index contributed by atoms with van der Waals surface area (Å²) in [6.07, 6.45) is 1.41. The van der Waals surface area contributed by atoms with E-state index >= 15 is 0 Å². The predicted octanol–water partition coefficient (Wildman–Crippen LogP) is 0.399. The molecule has 1 N–H and O–H groups in total. The van der Waals surface area contributed by atoms with Gasteiger partial charge in [0.25, 0.3) is 0 Å². The number of aromatic nitrogens is 2. The highest BCUT2D eigenvalue weighted by molar-refractivity contribution is 5.40. The lowest BCUT2D eigenvalue weighted by Crippen LogP contribution is -1.99. The van der Waals surface area contributed by atoms with Crippen molar-refractivity contribution in [3.63, 3.8) is 0 Å². The van der Waals surface area contributed by atoms with Gasteiger partial charge in [-0.25, -0.2) is 4.98 Å². The average molecular weight is 164 g/mol. The van der Waals surface area contributed by atoms with Gasteiger partial charge in [-0.1, -0.05) is 0 Å². The molecule has 0 amide bonds. The molecule has 62 valence electrons. The third-order valence-corrected chi connectivity index (χ3v) is 1.29. The standard InChI is InChI=1S/C7H8N4O/c1-9-7-10-4-5(3-8)6(11-7)12-2/h4H,1-2H3,(H,9,10,11). The molecule has 12 heavy (non-hydrogen) atoms. The quantitative estimate of drug-likeness (QED) is 0.685. The van der Waals surface area contributed by atoms with E-state index in [0.29, 0.717) is 11.5 Å². The van der Waals surface area contributed by atoms with Crippen LogP contribution in [-0.2, 0) is 0 Å². The van der Waals surface area contributed by atoms with Gasteiger partial charge in [-0.05, 0) is 0 Å². The number of hydrogen-bond donors (Lipinski definition) is 1. The summed E-state index contributed by atoms with van der Waals surface area (Å²) in [7, 11) is 3.16. The van der Waals surface area contributed by atoms with Gasteiger partial charge in [-0.3, -0.25) is 0 Å². The van der Waals surface area contributed by atoms with Crippen molar-refractivity contribution in [1.82, 2.24) is 9.97 Å². The first-order chi connectivity index (χ1) is 5.81. The Morgan fingerprint density at radius 3 is 2.92 bits per heavy atom. The summed E-state index contributed by atoms with van der Waals surface area (Å²) < 4.78 is 4.87. The zero-order valence-corrected chi connectivity index (χ0v) is 6.83. The summed E-state index contributed by atoms with van der Waals surface area (Å²) in [5.74, 6) is 0.725. The summed E-state index contributed by atoms with van der Waals surface area (Å²) >= 11 is 0. The zero-order valence-electron chi connectivity index (χ0n) is 6.83. The number of nitriles is 1. The van der Waals surface area contributed by atoms with Crippen LogP contribution in [0.3, 0.4) is 0 Å². The maximum Gasteiger partial charge on any atom is 0.236 e. The van der Waals surface area contributed by atoms with Crippen LogP contribution in [0.2, 0.25) is 0 Å². The Hall–Kier alpha value is -1.83. The molecule has 0 unspecified atom stereocenters. The average Bonchev–Trinajstić information content (AvgIpc) is 2.16. The van der Waals surface area contributed by atoms with Gasteiger partial charge in [0.15, 0.2) is 0 Å². The number of nitrogens with one attached hydrogen (secondary N) is 1. The van der Waals surface area contributed by atoms with Crippen molar-refractivity contribution in [2.45, 2.75) is 0 Å². The van der Waals surface area contributed by atoms with E-state index in [9.17, 15) is 0 Å². The first kappa shape index (κ1) is 8.27. The van der Waals surface area contributed by atoms with Gasteiger partial charge in [0.2, 0.25) is 11.8 Å². The van der Waals surface area contributed by atoms with Crippen LogP contribution < -0.4 is 10.1 Å². The molecule has 0 aliphatic rings. The molecule has 1 aromatic rings. The molecule has 5 nitrogen and oxygen atoms in total. The summed E-state index contributed by atoms with van der Waals surface area (Å²) in [5.41, 5.74) is 0.330. The van der Waals surface area contributed by atoms with E-state index in [-0.39, 0.29) is 5.88 Å². The zero-order chi connectivity index (χ0) is 8.97. The first-order valence-electron chi connectivity index (χ1n) is 3.30. The van der Waals surface area contributed by atoms with E-state index in [1.165, 1.54) is 13.3 Å². The van der Waals surface area contributed by atoms with Crippen molar-refractivity contribution < 1.29 is 4.74 Å². The van der Waals surface area contributed by atoms with Gasteiger partial charge in [0.1, 0.15) is 11.6 Å². The first-order valence-corrected chi connectivity index (χ1v) is 3.30. The molecule has 0 aliphatic heterocycles. The number of hydrogen-bond acceptors (Lipinski definition) is 5. The third kappa shape index (κ3) is 1.42. The minimum Gasteiger partial charge on any atom is -0.480 e. The molecule has 0 atom stereocenters. The second kappa shape index (κ2) is 3.53. The molecule has 0 aromatic carbocycles. The molecule has 0 radical (unpaired) electrons. The molecule has 0 aliphatic carbocycles. The molecule has 1 aromatic heterocycles. The van der Waals surface area contributed by atoms with Crippen molar-refractivity contribution in [1.29, 1.82) is 5.26 Å². The lowest BCUT2D eigenvalue weighted by atomic mass is 10.4. The predicted molar refractivity (Wildman–Crippen MR) is 42.8 cm³/mol. The van der Waals surface area contributed by atoms with Gasteiger partial charge in [-0.15, -0.1) is 0 Å². The Balaban J connectivity index is 3.13. The Labute approximate surface area is 70.0 Å². The maximum absolute atomic E-state index is 8.58. The molecule has 0 saturated heterocycles. The van der Waals surface area contributed by atoms with Gasteiger partial charge >= 0.3 is 0 Å². The topological polar surface area (TPSA) is 70.8 Å². The van der Waals surface area contributed by atoms with Crippen LogP contribution in [-0.4, -0.2) is 24.1 Å². The number of rotatable bonds is 2. The van der Waals surface area contributed by atoms with E-state index in [1.54, 1.807) is 7.05 Å². The fourth-order valence-electron chi connectivity index (χ4n) is 0.719. The van der Waals surface area contributed by atoms with Crippen LogP contribution >= 0.6 is 0 Å². The van der Waals surface area contributed by atoms with Crippen LogP contribution in [0.15, 0.2) is 6.20 Å². The number of anilines is 1. The second-order valence-electron chi connectivity index (χ2n) is 1.98.